The van der Waals surface area contributed by atoms with Gasteiger partial charge in [0.05, 0.1) is 12.5 Å². The van der Waals surface area contributed by atoms with Gasteiger partial charge in [0.2, 0.25) is 11.8 Å². The molecule has 0 bridgehead atoms. The Morgan fingerprint density at radius 2 is 1.81 bits per heavy atom. The van der Waals surface area contributed by atoms with E-state index in [0.717, 1.165) is 51.3 Å². The van der Waals surface area contributed by atoms with Crippen LogP contribution in [-0.2, 0) is 9.59 Å². The minimum absolute atomic E-state index is 0.0711. The number of nitrogens with one attached hydrogen (secondary N) is 1. The van der Waals surface area contributed by atoms with Crippen LogP contribution in [0.1, 0.15) is 26.7 Å². The Hall–Kier alpha value is -2.08. The van der Waals surface area contributed by atoms with Gasteiger partial charge in [-0.15, -0.1) is 0 Å². The predicted octanol–water partition coefficient (Wildman–Crippen LogP) is 1.76. The Kier molecular flexibility index (Phi) is 6.72. The normalized spacial score (nSPS) is 26.0. The number of nitrogens with zero attached hydrogens (tertiary/aromatic N) is 2. The Bertz CT molecular complexity index is 629. The van der Waals surface area contributed by atoms with Crippen molar-refractivity contribution in [2.24, 2.45) is 11.8 Å². The molecule has 1 heterocycles. The Morgan fingerprint density at radius 1 is 1.11 bits per heavy atom. The first-order chi connectivity index (χ1) is 13.1. The molecule has 27 heavy (non-hydrogen) atoms. The number of hydrogen-bond acceptors (Lipinski definition) is 4. The van der Waals surface area contributed by atoms with Crippen LogP contribution in [0.15, 0.2) is 30.3 Å². The SMILES string of the molecule is CCN1CCN(C(=O)C2CC(COc3ccccc3)CC2NC(C)=O)CC1. The minimum atomic E-state index is -0.147. The van der Waals surface area contributed by atoms with Crippen LogP contribution in [0.25, 0.3) is 0 Å². The summed E-state index contributed by atoms with van der Waals surface area (Å²) in [5.74, 6) is 1.09. The number of likely N-dealkylation sites (N-methyl/N-ethyl adjacent to an activating group) is 1. The zero-order chi connectivity index (χ0) is 19.2. The Balaban J connectivity index is 1.59. The van der Waals surface area contributed by atoms with E-state index in [2.05, 4.69) is 17.1 Å². The molecule has 6 heteroatoms. The van der Waals surface area contributed by atoms with E-state index in [1.807, 2.05) is 35.2 Å². The van der Waals surface area contributed by atoms with Crippen LogP contribution < -0.4 is 10.1 Å². The molecular weight excluding hydrogens is 342 g/mol. The van der Waals surface area contributed by atoms with Gasteiger partial charge in [0.25, 0.3) is 0 Å². The first kappa shape index (κ1) is 19.7. The largest absolute Gasteiger partial charge is 0.493 e. The topological polar surface area (TPSA) is 61.9 Å². The van der Waals surface area contributed by atoms with Gasteiger partial charge in [-0.05, 0) is 37.4 Å². The monoisotopic (exact) mass is 373 g/mol. The second-order valence-corrected chi connectivity index (χ2v) is 7.63. The van der Waals surface area contributed by atoms with Crippen molar-refractivity contribution in [3.05, 3.63) is 30.3 Å². The van der Waals surface area contributed by atoms with Crippen molar-refractivity contribution in [1.29, 1.82) is 0 Å². The molecule has 1 aliphatic carbocycles. The molecule has 2 amide bonds. The molecule has 1 N–H and O–H groups in total. The molecule has 2 aliphatic rings. The molecule has 6 nitrogen and oxygen atoms in total. The van der Waals surface area contributed by atoms with Crippen molar-refractivity contribution in [2.75, 3.05) is 39.3 Å². The number of carbonyl (C=O) groups is 2. The molecule has 0 spiro atoms. The summed E-state index contributed by atoms with van der Waals surface area (Å²) in [5, 5.41) is 3.01. The van der Waals surface area contributed by atoms with Crippen molar-refractivity contribution >= 4 is 11.8 Å². The lowest BCUT2D eigenvalue weighted by Crippen LogP contribution is -2.52. The molecule has 1 aromatic rings. The molecule has 2 fully saturated rings. The lowest BCUT2D eigenvalue weighted by atomic mass is 10.0. The van der Waals surface area contributed by atoms with E-state index in [9.17, 15) is 9.59 Å². The molecule has 3 unspecified atom stereocenters. The summed E-state index contributed by atoms with van der Waals surface area (Å²) < 4.78 is 5.90. The van der Waals surface area contributed by atoms with Crippen LogP contribution in [0.2, 0.25) is 0 Å². The van der Waals surface area contributed by atoms with Gasteiger partial charge in [-0.1, -0.05) is 25.1 Å². The van der Waals surface area contributed by atoms with Gasteiger partial charge in [0.15, 0.2) is 0 Å². The molecule has 1 saturated carbocycles. The number of amides is 2. The third kappa shape index (κ3) is 5.22. The maximum atomic E-state index is 13.1. The third-order valence-electron chi connectivity index (χ3n) is 5.73. The molecule has 0 aromatic heterocycles. The minimum Gasteiger partial charge on any atom is -0.493 e. The Morgan fingerprint density at radius 3 is 2.44 bits per heavy atom. The fourth-order valence-corrected chi connectivity index (χ4v) is 4.22. The summed E-state index contributed by atoms with van der Waals surface area (Å²) in [6, 6.07) is 9.65. The second kappa shape index (κ2) is 9.22. The number of hydrogen-bond donors (Lipinski definition) is 1. The van der Waals surface area contributed by atoms with Gasteiger partial charge in [0, 0.05) is 39.1 Å². The van der Waals surface area contributed by atoms with Crippen LogP contribution in [0.4, 0.5) is 0 Å². The fraction of sp³-hybridized carbons (Fsp3) is 0.619. The van der Waals surface area contributed by atoms with Gasteiger partial charge < -0.3 is 19.9 Å². The highest BCUT2D eigenvalue weighted by molar-refractivity contribution is 5.81. The maximum Gasteiger partial charge on any atom is 0.227 e. The van der Waals surface area contributed by atoms with Crippen LogP contribution in [-0.4, -0.2) is 67.0 Å². The predicted molar refractivity (Wildman–Crippen MR) is 104 cm³/mol. The average molecular weight is 373 g/mol. The summed E-state index contributed by atoms with van der Waals surface area (Å²) >= 11 is 0. The average Bonchev–Trinajstić information content (AvgIpc) is 3.08. The van der Waals surface area contributed by atoms with Gasteiger partial charge in [-0.3, -0.25) is 9.59 Å². The number of carbonyl (C=O) groups excluding carboxylic acids is 2. The molecule has 1 aromatic carbocycles. The van der Waals surface area contributed by atoms with Gasteiger partial charge in [-0.25, -0.2) is 0 Å². The van der Waals surface area contributed by atoms with Gasteiger partial charge in [0.1, 0.15) is 5.75 Å². The molecule has 0 radical (unpaired) electrons. The molecule has 1 aliphatic heterocycles. The van der Waals surface area contributed by atoms with Gasteiger partial charge >= 0.3 is 0 Å². The van der Waals surface area contributed by atoms with Crippen molar-refractivity contribution in [3.63, 3.8) is 0 Å². The number of benzene rings is 1. The molecule has 3 rings (SSSR count). The zero-order valence-corrected chi connectivity index (χ0v) is 16.4. The van der Waals surface area contributed by atoms with E-state index in [1.165, 1.54) is 6.92 Å². The van der Waals surface area contributed by atoms with Crippen molar-refractivity contribution in [1.82, 2.24) is 15.1 Å². The van der Waals surface area contributed by atoms with Crippen molar-refractivity contribution in [3.8, 4) is 5.75 Å². The number of ether oxygens (including phenoxy) is 1. The molecule has 1 saturated heterocycles. The lowest BCUT2D eigenvalue weighted by Gasteiger charge is -2.36. The van der Waals surface area contributed by atoms with E-state index in [4.69, 9.17) is 4.74 Å². The van der Waals surface area contributed by atoms with E-state index in [1.54, 1.807) is 0 Å². The third-order valence-corrected chi connectivity index (χ3v) is 5.73. The highest BCUT2D eigenvalue weighted by Gasteiger charge is 2.41. The summed E-state index contributed by atoms with van der Waals surface area (Å²) in [6.45, 7) is 8.70. The number of piperazine rings is 1. The summed E-state index contributed by atoms with van der Waals surface area (Å²) in [7, 11) is 0. The standard InChI is InChI=1S/C21H31N3O3/c1-3-23-9-11-24(12-10-23)21(26)19-13-17(14-20(19)22-16(2)25)15-27-18-7-5-4-6-8-18/h4-8,17,19-20H,3,9-15H2,1-2H3,(H,22,25). The van der Waals surface area contributed by atoms with Crippen molar-refractivity contribution < 1.29 is 14.3 Å². The van der Waals surface area contributed by atoms with E-state index >= 15 is 0 Å². The highest BCUT2D eigenvalue weighted by Crippen LogP contribution is 2.33. The fourth-order valence-electron chi connectivity index (χ4n) is 4.22. The maximum absolute atomic E-state index is 13.1. The second-order valence-electron chi connectivity index (χ2n) is 7.63. The first-order valence-electron chi connectivity index (χ1n) is 10.0. The van der Waals surface area contributed by atoms with Crippen LogP contribution in [0.5, 0.6) is 5.75 Å². The van der Waals surface area contributed by atoms with Crippen LogP contribution >= 0.6 is 0 Å². The molecule has 148 valence electrons. The zero-order valence-electron chi connectivity index (χ0n) is 16.4. The quantitative estimate of drug-likeness (QED) is 0.825. The number of para-hydroxylation sites is 1. The van der Waals surface area contributed by atoms with Crippen molar-refractivity contribution in [2.45, 2.75) is 32.7 Å². The van der Waals surface area contributed by atoms with E-state index in [0.29, 0.717) is 6.61 Å². The van der Waals surface area contributed by atoms with Gasteiger partial charge in [-0.2, -0.15) is 0 Å². The number of rotatable bonds is 6. The first-order valence-corrected chi connectivity index (χ1v) is 10.0. The van der Waals surface area contributed by atoms with E-state index in [-0.39, 0.29) is 29.7 Å². The van der Waals surface area contributed by atoms with Crippen LogP contribution in [0, 0.1) is 11.8 Å². The molecular formula is C21H31N3O3. The van der Waals surface area contributed by atoms with Crippen LogP contribution in [0.3, 0.4) is 0 Å². The lowest BCUT2D eigenvalue weighted by molar-refractivity contribution is -0.138. The summed E-state index contributed by atoms with van der Waals surface area (Å²) in [6.07, 6.45) is 1.56. The smallest absolute Gasteiger partial charge is 0.227 e. The summed E-state index contributed by atoms with van der Waals surface area (Å²) in [5.41, 5.74) is 0. The highest BCUT2D eigenvalue weighted by atomic mass is 16.5. The Labute approximate surface area is 161 Å². The summed E-state index contributed by atoms with van der Waals surface area (Å²) in [4.78, 5) is 29.1. The molecule has 3 atom stereocenters. The van der Waals surface area contributed by atoms with E-state index < -0.39 is 0 Å².